The van der Waals surface area contributed by atoms with Crippen LogP contribution in [0.15, 0.2) is 40.9 Å². The number of nitrogens with one attached hydrogen (secondary N) is 1. The fraction of sp³-hybridized carbons (Fsp3) is 0.231. The second-order valence-corrected chi connectivity index (χ2v) is 4.21. The van der Waals surface area contributed by atoms with Crippen LogP contribution >= 0.6 is 0 Å². The molecule has 1 amide bonds. The van der Waals surface area contributed by atoms with Gasteiger partial charge in [0, 0.05) is 11.6 Å². The number of aromatic nitrogens is 1. The third kappa shape index (κ3) is 3.82. The Morgan fingerprint density at radius 2 is 2.00 bits per heavy atom. The molecule has 1 aromatic heterocycles. The maximum atomic E-state index is 12.1. The zero-order valence-corrected chi connectivity index (χ0v) is 10.6. The molecule has 1 heterocycles. The monoisotopic (exact) mass is 300 g/mol. The van der Waals surface area contributed by atoms with Gasteiger partial charge in [-0.25, -0.2) is 0 Å². The Bertz CT molecular complexity index is 611. The van der Waals surface area contributed by atoms with Gasteiger partial charge in [0.2, 0.25) is 5.76 Å². The quantitative estimate of drug-likeness (QED) is 0.905. The zero-order valence-electron chi connectivity index (χ0n) is 10.6. The first-order valence-corrected chi connectivity index (χ1v) is 5.93. The van der Waals surface area contributed by atoms with Crippen molar-refractivity contribution in [2.45, 2.75) is 12.3 Å². The third-order valence-corrected chi connectivity index (χ3v) is 2.64. The van der Waals surface area contributed by atoms with E-state index in [2.05, 4.69) is 5.16 Å². The smallest absolute Gasteiger partial charge is 0.382 e. The second-order valence-electron chi connectivity index (χ2n) is 4.21. The van der Waals surface area contributed by atoms with Crippen LogP contribution in [0, 0.1) is 0 Å². The van der Waals surface area contributed by atoms with E-state index in [-0.39, 0.29) is 5.76 Å². The van der Waals surface area contributed by atoms with Crippen LogP contribution in [0.2, 0.25) is 0 Å². The molecule has 5 nitrogen and oxygen atoms in total. The molecule has 0 saturated heterocycles. The van der Waals surface area contributed by atoms with Gasteiger partial charge in [-0.15, -0.1) is 0 Å². The molecule has 0 spiro atoms. The van der Waals surface area contributed by atoms with Crippen LogP contribution in [0.1, 0.15) is 10.6 Å². The molecular formula is C13H11F3N2O3. The number of benzene rings is 1. The highest BCUT2D eigenvalue weighted by Gasteiger charge is 2.38. The van der Waals surface area contributed by atoms with Gasteiger partial charge >= 0.3 is 6.18 Å². The highest BCUT2D eigenvalue weighted by atomic mass is 19.4. The molecule has 0 aliphatic carbocycles. The summed E-state index contributed by atoms with van der Waals surface area (Å²) < 4.78 is 41.0. The molecule has 0 saturated carbocycles. The van der Waals surface area contributed by atoms with Crippen molar-refractivity contribution in [3.05, 3.63) is 42.2 Å². The van der Waals surface area contributed by atoms with Crippen molar-refractivity contribution in [3.63, 3.8) is 0 Å². The Balaban J connectivity index is 2.00. The summed E-state index contributed by atoms with van der Waals surface area (Å²) in [7, 11) is 0. The third-order valence-electron chi connectivity index (χ3n) is 2.64. The Morgan fingerprint density at radius 1 is 1.33 bits per heavy atom. The van der Waals surface area contributed by atoms with Crippen molar-refractivity contribution < 1.29 is 27.6 Å². The molecule has 0 aliphatic rings. The Hall–Kier alpha value is -2.35. The second kappa shape index (κ2) is 5.96. The number of alkyl halides is 3. The van der Waals surface area contributed by atoms with Gasteiger partial charge in [-0.2, -0.15) is 13.2 Å². The van der Waals surface area contributed by atoms with Crippen LogP contribution in [-0.2, 0) is 0 Å². The van der Waals surface area contributed by atoms with Crippen LogP contribution in [0.5, 0.6) is 0 Å². The molecule has 2 aromatic rings. The fourth-order valence-corrected chi connectivity index (χ4v) is 1.52. The number of carbonyl (C=O) groups excluding carboxylic acids is 1. The van der Waals surface area contributed by atoms with Gasteiger partial charge < -0.3 is 14.9 Å². The van der Waals surface area contributed by atoms with Crippen LogP contribution in [0.4, 0.5) is 13.2 Å². The van der Waals surface area contributed by atoms with Crippen LogP contribution in [0.3, 0.4) is 0 Å². The number of hydrogen-bond acceptors (Lipinski definition) is 4. The number of aliphatic hydroxyl groups is 1. The van der Waals surface area contributed by atoms with Crippen LogP contribution in [-0.4, -0.2) is 35.0 Å². The maximum Gasteiger partial charge on any atom is 0.416 e. The van der Waals surface area contributed by atoms with Crippen molar-refractivity contribution in [1.29, 1.82) is 0 Å². The van der Waals surface area contributed by atoms with E-state index in [0.29, 0.717) is 11.3 Å². The normalized spacial score (nSPS) is 13.0. The number of nitrogens with zero attached hydrogens (tertiary/aromatic N) is 1. The average molecular weight is 300 g/mol. The minimum Gasteiger partial charge on any atom is -0.382 e. The molecule has 21 heavy (non-hydrogen) atoms. The molecule has 0 aliphatic heterocycles. The predicted octanol–water partition coefficient (Wildman–Crippen LogP) is 1.99. The van der Waals surface area contributed by atoms with Crippen molar-refractivity contribution in [2.75, 3.05) is 6.54 Å². The number of halogens is 3. The molecule has 1 aromatic carbocycles. The summed E-state index contributed by atoms with van der Waals surface area (Å²) in [6.07, 6.45) is -7.41. The number of carbonyl (C=O) groups is 1. The van der Waals surface area contributed by atoms with Gasteiger partial charge in [0.1, 0.15) is 5.69 Å². The molecule has 0 fully saturated rings. The van der Waals surface area contributed by atoms with Gasteiger partial charge in [0.25, 0.3) is 5.91 Å². The minimum absolute atomic E-state index is 0.233. The minimum atomic E-state index is -4.79. The first-order chi connectivity index (χ1) is 9.88. The van der Waals surface area contributed by atoms with Crippen LogP contribution < -0.4 is 5.32 Å². The summed E-state index contributed by atoms with van der Waals surface area (Å²) >= 11 is 0. The highest BCUT2D eigenvalue weighted by molar-refractivity contribution is 5.92. The first kappa shape index (κ1) is 15.0. The molecule has 2 rings (SSSR count). The summed E-state index contributed by atoms with van der Waals surface area (Å²) in [4.78, 5) is 11.6. The van der Waals surface area contributed by atoms with E-state index in [1.165, 1.54) is 6.07 Å². The largest absolute Gasteiger partial charge is 0.416 e. The molecule has 0 radical (unpaired) electrons. The van der Waals surface area contributed by atoms with E-state index < -0.39 is 24.7 Å². The summed E-state index contributed by atoms with van der Waals surface area (Å²) in [5.41, 5.74) is 1.09. The lowest BCUT2D eigenvalue weighted by Crippen LogP contribution is -2.40. The lowest BCUT2D eigenvalue weighted by molar-refractivity contribution is -0.201. The highest BCUT2D eigenvalue weighted by Crippen LogP contribution is 2.20. The number of hydrogen-bond donors (Lipinski definition) is 2. The summed E-state index contributed by atoms with van der Waals surface area (Å²) in [5.74, 6) is -1.11. The maximum absolute atomic E-state index is 12.1. The molecule has 0 bridgehead atoms. The van der Waals surface area contributed by atoms with Gasteiger partial charge in [-0.3, -0.25) is 4.79 Å². The summed E-state index contributed by atoms with van der Waals surface area (Å²) in [6, 6.07) is 10.1. The van der Waals surface area contributed by atoms with Gasteiger partial charge in [0.05, 0.1) is 6.54 Å². The van der Waals surface area contributed by atoms with Crippen LogP contribution in [0.25, 0.3) is 11.3 Å². The standard InChI is InChI=1S/C13H11F3N2O3/c14-13(15,16)11(19)7-17-12(20)10-6-9(18-21-10)8-4-2-1-3-5-8/h1-6,11,19H,7H2,(H,17,20). The van der Waals surface area contributed by atoms with Crippen molar-refractivity contribution >= 4 is 5.91 Å². The average Bonchev–Trinajstić information content (AvgIpc) is 2.94. The molecule has 8 heteroatoms. The Labute approximate surface area is 117 Å². The molecular weight excluding hydrogens is 289 g/mol. The van der Waals surface area contributed by atoms with Crippen molar-refractivity contribution in [2.24, 2.45) is 0 Å². The Kier molecular flexibility index (Phi) is 4.27. The van der Waals surface area contributed by atoms with Gasteiger partial charge in [-0.05, 0) is 0 Å². The van der Waals surface area contributed by atoms with E-state index in [1.807, 2.05) is 5.32 Å². The van der Waals surface area contributed by atoms with E-state index in [4.69, 9.17) is 9.63 Å². The number of amides is 1. The predicted molar refractivity (Wildman–Crippen MR) is 66.3 cm³/mol. The van der Waals surface area contributed by atoms with Gasteiger partial charge in [-0.1, -0.05) is 35.5 Å². The van der Waals surface area contributed by atoms with E-state index in [9.17, 15) is 18.0 Å². The number of rotatable bonds is 4. The Morgan fingerprint density at radius 3 is 2.62 bits per heavy atom. The zero-order chi connectivity index (χ0) is 15.5. The lowest BCUT2D eigenvalue weighted by atomic mass is 10.1. The molecule has 1 unspecified atom stereocenters. The van der Waals surface area contributed by atoms with E-state index in [1.54, 1.807) is 30.3 Å². The van der Waals surface area contributed by atoms with Crippen molar-refractivity contribution in [3.8, 4) is 11.3 Å². The molecule has 1 atom stereocenters. The number of aliphatic hydroxyl groups excluding tert-OH is 1. The van der Waals surface area contributed by atoms with Gasteiger partial charge in [0.15, 0.2) is 6.10 Å². The first-order valence-electron chi connectivity index (χ1n) is 5.93. The summed E-state index contributed by atoms with van der Waals surface area (Å²) in [5, 5.41) is 14.4. The van der Waals surface area contributed by atoms with Crippen molar-refractivity contribution in [1.82, 2.24) is 10.5 Å². The van der Waals surface area contributed by atoms with E-state index >= 15 is 0 Å². The fourth-order valence-electron chi connectivity index (χ4n) is 1.52. The SMILES string of the molecule is O=C(NCC(O)C(F)(F)F)c1cc(-c2ccccc2)no1. The molecule has 2 N–H and O–H groups in total. The lowest BCUT2D eigenvalue weighted by Gasteiger charge is -2.14. The molecule has 112 valence electrons. The van der Waals surface area contributed by atoms with E-state index in [0.717, 1.165) is 0 Å². The topological polar surface area (TPSA) is 75.4 Å². The summed E-state index contributed by atoms with van der Waals surface area (Å²) in [6.45, 7) is -0.955.